The molecule has 0 atom stereocenters. The third-order valence-corrected chi connectivity index (χ3v) is 8.18. The van der Waals surface area contributed by atoms with Crippen molar-refractivity contribution in [2.75, 3.05) is 18.4 Å². The average Bonchev–Trinajstić information content (AvgIpc) is 3.75. The van der Waals surface area contributed by atoms with Crippen molar-refractivity contribution in [3.05, 3.63) is 77.1 Å². The molecule has 38 heavy (non-hydrogen) atoms. The molecule has 0 radical (unpaired) electrons. The lowest BCUT2D eigenvalue weighted by Crippen LogP contribution is -2.39. The van der Waals surface area contributed by atoms with Gasteiger partial charge < -0.3 is 5.32 Å². The maximum absolute atomic E-state index is 12.5. The normalized spacial score (nSPS) is 18.3. The number of carbonyl (C=O) groups excluding carboxylic acids is 1. The van der Waals surface area contributed by atoms with Crippen LogP contribution in [0.1, 0.15) is 90.2 Å². The highest BCUT2D eigenvalue weighted by Gasteiger charge is 2.24. The fourth-order valence-corrected chi connectivity index (χ4v) is 5.61. The Bertz CT molecular complexity index is 1270. The molecule has 0 saturated heterocycles. The van der Waals surface area contributed by atoms with Gasteiger partial charge in [0.25, 0.3) is 5.91 Å². The molecule has 6 rings (SSSR count). The minimum atomic E-state index is -0.149. The van der Waals surface area contributed by atoms with Crippen molar-refractivity contribution >= 4 is 17.2 Å². The third kappa shape index (κ3) is 6.38. The van der Waals surface area contributed by atoms with Crippen LogP contribution in [0, 0.1) is 13.8 Å². The van der Waals surface area contributed by atoms with Crippen molar-refractivity contribution in [1.29, 1.82) is 0 Å². The van der Waals surface area contributed by atoms with Crippen LogP contribution in [-0.4, -0.2) is 49.7 Å². The molecular weight excluding hydrogens is 472 g/mol. The Balaban J connectivity index is 0.000000273. The summed E-state index contributed by atoms with van der Waals surface area (Å²) in [6, 6.07) is 6.95. The maximum Gasteiger partial charge on any atom is 0.259 e. The van der Waals surface area contributed by atoms with Crippen LogP contribution >= 0.6 is 0 Å². The van der Waals surface area contributed by atoms with Gasteiger partial charge in [0.15, 0.2) is 0 Å². The molecule has 3 aromatic rings. The highest BCUT2D eigenvalue weighted by Crippen LogP contribution is 2.39. The summed E-state index contributed by atoms with van der Waals surface area (Å²) in [4.78, 5) is 23.9. The number of hydrogen-bond donors (Lipinski definition) is 1. The molecule has 1 aliphatic heterocycles. The lowest BCUT2D eigenvalue weighted by atomic mass is 9.92. The fraction of sp³-hybridized carbons (Fsp3) is 0.484. The lowest BCUT2D eigenvalue weighted by molar-refractivity contribution is 0.102. The molecule has 0 spiro atoms. The molecule has 7 nitrogen and oxygen atoms in total. The number of pyridine rings is 2. The van der Waals surface area contributed by atoms with E-state index >= 15 is 0 Å². The van der Waals surface area contributed by atoms with Crippen LogP contribution in [0.25, 0.3) is 5.57 Å². The van der Waals surface area contributed by atoms with Gasteiger partial charge in [0.05, 0.1) is 29.3 Å². The van der Waals surface area contributed by atoms with E-state index in [1.165, 1.54) is 56.1 Å². The van der Waals surface area contributed by atoms with E-state index < -0.39 is 0 Å². The van der Waals surface area contributed by atoms with Gasteiger partial charge in [-0.3, -0.25) is 24.3 Å². The molecule has 7 heteroatoms. The SMILES string of the molecule is Cc1cc(NC(=O)c2cnn(C)c2C)cnc1C1=CCN(C2CCCCC2)CC1.c1cncc(C2CC2)c1. The Hall–Kier alpha value is -3.32. The summed E-state index contributed by atoms with van der Waals surface area (Å²) in [6.07, 6.45) is 20.2. The van der Waals surface area contributed by atoms with E-state index in [2.05, 4.69) is 39.4 Å². The van der Waals surface area contributed by atoms with E-state index in [4.69, 9.17) is 4.98 Å². The van der Waals surface area contributed by atoms with Crippen molar-refractivity contribution in [1.82, 2.24) is 24.6 Å². The van der Waals surface area contributed by atoms with Gasteiger partial charge in [-0.2, -0.15) is 5.10 Å². The summed E-state index contributed by atoms with van der Waals surface area (Å²) >= 11 is 0. The third-order valence-electron chi connectivity index (χ3n) is 8.18. The molecule has 1 N–H and O–H groups in total. The second-order valence-corrected chi connectivity index (χ2v) is 10.9. The molecule has 2 aliphatic carbocycles. The Kier molecular flexibility index (Phi) is 8.32. The van der Waals surface area contributed by atoms with Gasteiger partial charge in [0, 0.05) is 44.3 Å². The van der Waals surface area contributed by atoms with Crippen LogP contribution in [0.15, 0.2) is 49.1 Å². The molecule has 1 amide bonds. The number of aryl methyl sites for hydroxylation is 2. The summed E-state index contributed by atoms with van der Waals surface area (Å²) in [6.45, 7) is 6.11. The standard InChI is InChI=1S/C23H31N5O.C8H9N/c1-16-13-19(26-23(29)21-15-25-27(3)17(21)2)14-24-22(16)18-9-11-28(12-10-18)20-7-5-4-6-8-20;1-2-8(6-9-5-1)7-3-4-7/h9,13-15,20H,4-8,10-12H2,1-3H3,(H,26,29);1-2,5-7H,3-4H2. The summed E-state index contributed by atoms with van der Waals surface area (Å²) < 4.78 is 1.70. The van der Waals surface area contributed by atoms with Crippen molar-refractivity contribution in [2.45, 2.75) is 77.2 Å². The number of anilines is 1. The van der Waals surface area contributed by atoms with E-state index in [9.17, 15) is 4.79 Å². The van der Waals surface area contributed by atoms with E-state index in [1.807, 2.05) is 38.5 Å². The smallest absolute Gasteiger partial charge is 0.259 e. The number of amides is 1. The molecule has 0 bridgehead atoms. The van der Waals surface area contributed by atoms with E-state index in [1.54, 1.807) is 17.1 Å². The summed E-state index contributed by atoms with van der Waals surface area (Å²) in [5, 5.41) is 7.09. The van der Waals surface area contributed by atoms with Crippen molar-refractivity contribution < 1.29 is 4.79 Å². The van der Waals surface area contributed by atoms with Gasteiger partial charge in [-0.1, -0.05) is 31.4 Å². The van der Waals surface area contributed by atoms with Gasteiger partial charge in [0.1, 0.15) is 0 Å². The van der Waals surface area contributed by atoms with Crippen LogP contribution in [0.3, 0.4) is 0 Å². The predicted molar refractivity (Wildman–Crippen MR) is 152 cm³/mol. The molecule has 200 valence electrons. The summed E-state index contributed by atoms with van der Waals surface area (Å²) in [7, 11) is 1.83. The monoisotopic (exact) mass is 512 g/mol. The van der Waals surface area contributed by atoms with Crippen LogP contribution in [0.5, 0.6) is 0 Å². The highest BCUT2D eigenvalue weighted by atomic mass is 16.1. The average molecular weight is 513 g/mol. The number of aromatic nitrogens is 4. The second kappa shape index (κ2) is 12.0. The summed E-state index contributed by atoms with van der Waals surface area (Å²) in [5.74, 6) is 0.697. The summed E-state index contributed by atoms with van der Waals surface area (Å²) in [5.41, 5.74) is 7.06. The largest absolute Gasteiger partial charge is 0.320 e. The van der Waals surface area contributed by atoms with Crippen LogP contribution in [0.4, 0.5) is 5.69 Å². The number of nitrogens with one attached hydrogen (secondary N) is 1. The number of hydrogen-bond acceptors (Lipinski definition) is 5. The Morgan fingerprint density at radius 1 is 1.05 bits per heavy atom. The zero-order valence-corrected chi connectivity index (χ0v) is 23.0. The van der Waals surface area contributed by atoms with E-state index in [-0.39, 0.29) is 5.91 Å². The molecule has 0 aromatic carbocycles. The Morgan fingerprint density at radius 2 is 1.87 bits per heavy atom. The number of rotatable bonds is 5. The first-order valence-corrected chi connectivity index (χ1v) is 14.1. The second-order valence-electron chi connectivity index (χ2n) is 10.9. The van der Waals surface area contributed by atoms with Gasteiger partial charge in [0.2, 0.25) is 0 Å². The Labute approximate surface area is 226 Å². The van der Waals surface area contributed by atoms with E-state index in [0.29, 0.717) is 5.56 Å². The van der Waals surface area contributed by atoms with Crippen molar-refractivity contribution in [2.24, 2.45) is 7.05 Å². The molecule has 2 saturated carbocycles. The van der Waals surface area contributed by atoms with Crippen molar-refractivity contribution in [3.8, 4) is 0 Å². The Morgan fingerprint density at radius 3 is 2.47 bits per heavy atom. The first-order valence-electron chi connectivity index (χ1n) is 14.1. The quantitative estimate of drug-likeness (QED) is 0.449. The van der Waals surface area contributed by atoms with Crippen LogP contribution in [-0.2, 0) is 7.05 Å². The van der Waals surface area contributed by atoms with Gasteiger partial charge in [-0.05, 0) is 80.7 Å². The van der Waals surface area contributed by atoms with Crippen LogP contribution < -0.4 is 5.32 Å². The maximum atomic E-state index is 12.5. The topological polar surface area (TPSA) is 75.9 Å². The fourth-order valence-electron chi connectivity index (χ4n) is 5.61. The molecule has 2 fully saturated rings. The van der Waals surface area contributed by atoms with Crippen LogP contribution in [0.2, 0.25) is 0 Å². The predicted octanol–water partition coefficient (Wildman–Crippen LogP) is 6.07. The molecule has 3 aromatic heterocycles. The molecule has 0 unspecified atom stereocenters. The zero-order chi connectivity index (χ0) is 26.5. The zero-order valence-electron chi connectivity index (χ0n) is 23.0. The minimum Gasteiger partial charge on any atom is -0.320 e. The minimum absolute atomic E-state index is 0.149. The highest BCUT2D eigenvalue weighted by molar-refractivity contribution is 6.04. The van der Waals surface area contributed by atoms with Gasteiger partial charge >= 0.3 is 0 Å². The molecular formula is C31H40N6O. The van der Waals surface area contributed by atoms with Gasteiger partial charge in [-0.25, -0.2) is 0 Å². The van der Waals surface area contributed by atoms with Crippen molar-refractivity contribution in [3.63, 3.8) is 0 Å². The first kappa shape index (κ1) is 26.3. The molecule has 3 aliphatic rings. The molecule has 4 heterocycles. The number of carbonyl (C=O) groups is 1. The van der Waals surface area contributed by atoms with E-state index in [0.717, 1.165) is 54.1 Å². The number of nitrogens with zero attached hydrogens (tertiary/aromatic N) is 5. The van der Waals surface area contributed by atoms with Gasteiger partial charge in [-0.15, -0.1) is 0 Å². The lowest BCUT2D eigenvalue weighted by Gasteiger charge is -2.36. The first-order chi connectivity index (χ1) is 18.5.